The zero-order chi connectivity index (χ0) is 13.2. The maximum atomic E-state index is 12.1. The predicted molar refractivity (Wildman–Crippen MR) is 74.8 cm³/mol. The van der Waals surface area contributed by atoms with Crippen molar-refractivity contribution < 1.29 is 9.21 Å². The number of nitrogens with one attached hydrogen (secondary N) is 1. The van der Waals surface area contributed by atoms with Crippen LogP contribution in [0.15, 0.2) is 34.9 Å². The largest absolute Gasteiger partial charge is 0.452 e. The van der Waals surface area contributed by atoms with Gasteiger partial charge in [-0.2, -0.15) is 0 Å². The van der Waals surface area contributed by atoms with Crippen molar-refractivity contribution in [3.63, 3.8) is 0 Å². The minimum atomic E-state index is -0.224. The monoisotopic (exact) mass is 275 g/mol. The van der Waals surface area contributed by atoms with Gasteiger partial charge in [-0.05, 0) is 60.5 Å². The van der Waals surface area contributed by atoms with Gasteiger partial charge in [-0.3, -0.25) is 4.79 Å². The van der Waals surface area contributed by atoms with Crippen molar-refractivity contribution in [2.75, 3.05) is 5.32 Å². The minimum absolute atomic E-state index is 0.127. The van der Waals surface area contributed by atoms with Crippen LogP contribution in [0.3, 0.4) is 0 Å². The van der Waals surface area contributed by atoms with Crippen LogP contribution >= 0.6 is 11.6 Å². The van der Waals surface area contributed by atoms with Crippen LogP contribution in [-0.4, -0.2) is 5.91 Å². The van der Waals surface area contributed by atoms with Crippen molar-refractivity contribution in [3.8, 4) is 0 Å². The fourth-order valence-corrected chi connectivity index (χ4v) is 2.74. The van der Waals surface area contributed by atoms with Gasteiger partial charge < -0.3 is 9.73 Å². The van der Waals surface area contributed by atoms with Crippen LogP contribution in [0.2, 0.25) is 5.22 Å². The Bertz CT molecular complexity index is 618. The fraction of sp³-hybridized carbons (Fsp3) is 0.267. The van der Waals surface area contributed by atoms with Crippen molar-refractivity contribution in [3.05, 3.63) is 52.4 Å². The van der Waals surface area contributed by atoms with E-state index in [1.165, 1.54) is 30.2 Å². The number of anilines is 1. The molecule has 2 aromatic rings. The first-order valence-electron chi connectivity index (χ1n) is 6.41. The molecule has 0 spiro atoms. The molecule has 1 aromatic heterocycles. The number of furan rings is 1. The molecule has 0 saturated carbocycles. The summed E-state index contributed by atoms with van der Waals surface area (Å²) in [6.07, 6.45) is 5.92. The summed E-state index contributed by atoms with van der Waals surface area (Å²) in [5.41, 5.74) is 3.85. The van der Waals surface area contributed by atoms with Gasteiger partial charge in [-0.1, -0.05) is 12.1 Å². The summed E-state index contributed by atoms with van der Waals surface area (Å²) >= 11 is 5.82. The number of fused-ring (bicyclic) bond motifs is 1. The smallest absolute Gasteiger partial charge is 0.260 e. The number of hydrogen-bond donors (Lipinski definition) is 1. The predicted octanol–water partition coefficient (Wildman–Crippen LogP) is 4.06. The molecule has 0 bridgehead atoms. The zero-order valence-electron chi connectivity index (χ0n) is 10.4. The summed E-state index contributed by atoms with van der Waals surface area (Å²) in [6.45, 7) is 0. The highest BCUT2D eigenvalue weighted by Gasteiger charge is 2.17. The second-order valence-corrected chi connectivity index (χ2v) is 5.06. The van der Waals surface area contributed by atoms with Crippen molar-refractivity contribution in [2.45, 2.75) is 25.7 Å². The lowest BCUT2D eigenvalue weighted by Gasteiger charge is -2.19. The summed E-state index contributed by atoms with van der Waals surface area (Å²) in [7, 11) is 0. The molecule has 1 aliphatic rings. The summed E-state index contributed by atoms with van der Waals surface area (Å²) in [5, 5.41) is 3.06. The molecule has 3 nitrogen and oxygen atoms in total. The Morgan fingerprint density at radius 3 is 2.84 bits per heavy atom. The van der Waals surface area contributed by atoms with Gasteiger partial charge in [0.2, 0.25) is 5.22 Å². The SMILES string of the molecule is O=C(Nc1cccc2c1CCCC2)c1ccoc1Cl. The quantitative estimate of drug-likeness (QED) is 0.898. The molecule has 0 radical (unpaired) electrons. The van der Waals surface area contributed by atoms with E-state index in [9.17, 15) is 4.79 Å². The highest BCUT2D eigenvalue weighted by molar-refractivity contribution is 6.32. The maximum Gasteiger partial charge on any atom is 0.260 e. The number of aryl methyl sites for hydroxylation is 1. The molecule has 1 heterocycles. The Kier molecular flexibility index (Phi) is 3.30. The zero-order valence-corrected chi connectivity index (χ0v) is 11.2. The fourth-order valence-electron chi connectivity index (χ4n) is 2.54. The molecule has 1 N–H and O–H groups in total. The number of carbonyl (C=O) groups excluding carboxylic acids is 1. The number of amides is 1. The normalized spacial score (nSPS) is 13.9. The lowest BCUT2D eigenvalue weighted by Crippen LogP contribution is -2.15. The van der Waals surface area contributed by atoms with E-state index in [1.807, 2.05) is 12.1 Å². The number of benzene rings is 1. The van der Waals surface area contributed by atoms with E-state index in [0.717, 1.165) is 18.5 Å². The Hall–Kier alpha value is -1.74. The van der Waals surface area contributed by atoms with Gasteiger partial charge >= 0.3 is 0 Å². The van der Waals surface area contributed by atoms with E-state index < -0.39 is 0 Å². The molecular formula is C15H14ClNO2. The minimum Gasteiger partial charge on any atom is -0.452 e. The van der Waals surface area contributed by atoms with Gasteiger partial charge in [-0.15, -0.1) is 0 Å². The molecule has 0 fully saturated rings. The van der Waals surface area contributed by atoms with Gasteiger partial charge in [0.25, 0.3) is 5.91 Å². The van der Waals surface area contributed by atoms with E-state index in [2.05, 4.69) is 11.4 Å². The van der Waals surface area contributed by atoms with Crippen LogP contribution in [0.25, 0.3) is 0 Å². The molecule has 0 atom stereocenters. The molecule has 0 unspecified atom stereocenters. The second-order valence-electron chi connectivity index (χ2n) is 4.71. The van der Waals surface area contributed by atoms with Crippen LogP contribution in [-0.2, 0) is 12.8 Å². The lowest BCUT2D eigenvalue weighted by atomic mass is 9.90. The first-order chi connectivity index (χ1) is 9.25. The number of halogens is 1. The van der Waals surface area contributed by atoms with Gasteiger partial charge in [0.15, 0.2) is 0 Å². The van der Waals surface area contributed by atoms with Crippen LogP contribution in [0, 0.1) is 0 Å². The molecule has 0 aliphatic heterocycles. The van der Waals surface area contributed by atoms with E-state index in [-0.39, 0.29) is 11.1 Å². The Morgan fingerprint density at radius 1 is 1.21 bits per heavy atom. The van der Waals surface area contributed by atoms with Crippen molar-refractivity contribution in [1.29, 1.82) is 0 Å². The Balaban J connectivity index is 1.88. The third kappa shape index (κ3) is 2.38. The topological polar surface area (TPSA) is 42.2 Å². The van der Waals surface area contributed by atoms with Crippen LogP contribution in [0.1, 0.15) is 34.3 Å². The van der Waals surface area contributed by atoms with Crippen molar-refractivity contribution in [1.82, 2.24) is 0 Å². The van der Waals surface area contributed by atoms with Crippen molar-refractivity contribution >= 4 is 23.2 Å². The summed E-state index contributed by atoms with van der Waals surface area (Å²) in [6, 6.07) is 7.63. The van der Waals surface area contributed by atoms with Crippen LogP contribution in [0.4, 0.5) is 5.69 Å². The first kappa shape index (κ1) is 12.3. The summed E-state index contributed by atoms with van der Waals surface area (Å²) < 4.78 is 4.94. The summed E-state index contributed by atoms with van der Waals surface area (Å²) in [4.78, 5) is 12.1. The van der Waals surface area contributed by atoms with Gasteiger partial charge in [0.1, 0.15) is 0 Å². The second kappa shape index (κ2) is 5.10. The van der Waals surface area contributed by atoms with E-state index in [0.29, 0.717) is 5.56 Å². The van der Waals surface area contributed by atoms with E-state index >= 15 is 0 Å². The molecule has 0 saturated heterocycles. The lowest BCUT2D eigenvalue weighted by molar-refractivity contribution is 0.102. The molecule has 4 heteroatoms. The van der Waals surface area contributed by atoms with Gasteiger partial charge in [0, 0.05) is 5.69 Å². The molecule has 1 amide bonds. The molecule has 3 rings (SSSR count). The van der Waals surface area contributed by atoms with Crippen LogP contribution in [0.5, 0.6) is 0 Å². The summed E-state index contributed by atoms with van der Waals surface area (Å²) in [5.74, 6) is -0.224. The Labute approximate surface area is 116 Å². The third-order valence-electron chi connectivity index (χ3n) is 3.51. The highest BCUT2D eigenvalue weighted by Crippen LogP contribution is 2.28. The number of rotatable bonds is 2. The maximum absolute atomic E-state index is 12.1. The Morgan fingerprint density at radius 2 is 2.05 bits per heavy atom. The highest BCUT2D eigenvalue weighted by atomic mass is 35.5. The average molecular weight is 276 g/mol. The average Bonchev–Trinajstić information content (AvgIpc) is 2.85. The molecule has 19 heavy (non-hydrogen) atoms. The standard InChI is InChI=1S/C15H14ClNO2/c16-14-12(8-9-19-14)15(18)17-13-7-3-5-10-4-1-2-6-11(10)13/h3,5,7-9H,1-2,4,6H2,(H,17,18). The third-order valence-corrected chi connectivity index (χ3v) is 3.80. The van der Waals surface area contributed by atoms with Crippen LogP contribution < -0.4 is 5.32 Å². The van der Waals surface area contributed by atoms with Crippen molar-refractivity contribution in [2.24, 2.45) is 0 Å². The van der Waals surface area contributed by atoms with E-state index in [4.69, 9.17) is 16.0 Å². The van der Waals surface area contributed by atoms with E-state index in [1.54, 1.807) is 6.07 Å². The molecule has 98 valence electrons. The van der Waals surface area contributed by atoms with Gasteiger partial charge in [-0.25, -0.2) is 0 Å². The molecule has 1 aromatic carbocycles. The van der Waals surface area contributed by atoms with Gasteiger partial charge in [0.05, 0.1) is 11.8 Å². The number of hydrogen-bond acceptors (Lipinski definition) is 2. The molecular weight excluding hydrogens is 262 g/mol. The molecule has 1 aliphatic carbocycles. The number of carbonyl (C=O) groups is 1. The first-order valence-corrected chi connectivity index (χ1v) is 6.78.